The number of esters is 1. The van der Waals surface area contributed by atoms with E-state index in [2.05, 4.69) is 10.3 Å². The summed E-state index contributed by atoms with van der Waals surface area (Å²) >= 11 is 1.28. The molecule has 0 amide bonds. The molecule has 0 atom stereocenters. The maximum absolute atomic E-state index is 11.2. The summed E-state index contributed by atoms with van der Waals surface area (Å²) in [5.41, 5.74) is 0. The average molecular weight is 270 g/mol. The van der Waals surface area contributed by atoms with Crippen molar-refractivity contribution in [1.82, 2.24) is 9.38 Å². The number of nitro groups is 1. The third-order valence-electron chi connectivity index (χ3n) is 2.12. The summed E-state index contributed by atoms with van der Waals surface area (Å²) in [5.74, 6) is -0.599. The van der Waals surface area contributed by atoms with E-state index in [1.54, 1.807) is 18.5 Å². The van der Waals surface area contributed by atoms with Gasteiger partial charge in [0.25, 0.3) is 4.96 Å². The van der Waals surface area contributed by atoms with Crippen LogP contribution in [0.25, 0.3) is 4.96 Å². The molecule has 0 bridgehead atoms. The first-order chi connectivity index (χ1) is 8.63. The second-order valence-electron chi connectivity index (χ2n) is 3.26. The van der Waals surface area contributed by atoms with Crippen LogP contribution < -0.4 is 5.32 Å². The van der Waals surface area contributed by atoms with Crippen LogP contribution in [0.1, 0.15) is 6.92 Å². The number of ether oxygens (including phenoxy) is 1. The number of hydrogen-bond acceptors (Lipinski definition) is 7. The minimum Gasteiger partial charge on any atom is -0.465 e. The third kappa shape index (κ3) is 2.25. The van der Waals surface area contributed by atoms with Gasteiger partial charge >= 0.3 is 11.8 Å². The topological polar surface area (TPSA) is 98.8 Å². The molecular formula is C9H10N4O4S. The lowest BCUT2D eigenvalue weighted by molar-refractivity contribution is -0.389. The number of fused-ring (bicyclic) bond motifs is 1. The Kier molecular flexibility index (Phi) is 3.42. The smallest absolute Gasteiger partial charge is 0.372 e. The molecule has 2 aromatic heterocycles. The van der Waals surface area contributed by atoms with Crippen LogP contribution >= 0.6 is 11.3 Å². The second kappa shape index (κ2) is 5.00. The molecule has 9 heteroatoms. The molecule has 0 saturated carbocycles. The van der Waals surface area contributed by atoms with Gasteiger partial charge in [-0.2, -0.15) is 9.38 Å². The van der Waals surface area contributed by atoms with E-state index in [1.165, 1.54) is 15.7 Å². The van der Waals surface area contributed by atoms with E-state index in [1.807, 2.05) is 0 Å². The Morgan fingerprint density at radius 1 is 1.72 bits per heavy atom. The molecule has 2 rings (SSSR count). The van der Waals surface area contributed by atoms with Crippen molar-refractivity contribution >= 4 is 33.9 Å². The summed E-state index contributed by atoms with van der Waals surface area (Å²) in [6.07, 6.45) is 1.56. The first-order valence-electron chi connectivity index (χ1n) is 5.13. The van der Waals surface area contributed by atoms with Crippen molar-refractivity contribution in [3.8, 4) is 0 Å². The Morgan fingerprint density at radius 2 is 2.50 bits per heavy atom. The Bertz CT molecular complexity index is 590. The largest absolute Gasteiger partial charge is 0.465 e. The van der Waals surface area contributed by atoms with Gasteiger partial charge in [0.05, 0.1) is 6.61 Å². The lowest BCUT2D eigenvalue weighted by Gasteiger charge is -2.02. The summed E-state index contributed by atoms with van der Waals surface area (Å²) in [5, 5.41) is 15.3. The van der Waals surface area contributed by atoms with Crippen molar-refractivity contribution in [2.24, 2.45) is 0 Å². The lowest BCUT2D eigenvalue weighted by Crippen LogP contribution is -2.17. The molecule has 18 heavy (non-hydrogen) atoms. The summed E-state index contributed by atoms with van der Waals surface area (Å²) in [6, 6.07) is 0. The SMILES string of the molecule is CCOC(=O)CNc1nc2sccn2c1[N+](=O)[O-]. The standard InChI is InChI=1S/C9H10N4O4S/c1-2-17-6(14)5-10-7-8(13(15)16)12-3-4-18-9(12)11-7/h3-4,10H,2,5H2,1H3. The zero-order valence-corrected chi connectivity index (χ0v) is 10.3. The summed E-state index contributed by atoms with van der Waals surface area (Å²) in [6.45, 7) is 1.80. The van der Waals surface area contributed by atoms with Gasteiger partial charge in [0.2, 0.25) is 5.82 Å². The van der Waals surface area contributed by atoms with Gasteiger partial charge in [0.1, 0.15) is 12.7 Å². The van der Waals surface area contributed by atoms with Crippen molar-refractivity contribution in [3.05, 3.63) is 21.7 Å². The fourth-order valence-corrected chi connectivity index (χ4v) is 2.14. The Balaban J connectivity index is 2.22. The average Bonchev–Trinajstić information content (AvgIpc) is 2.85. The molecule has 0 radical (unpaired) electrons. The highest BCUT2D eigenvalue weighted by Gasteiger charge is 2.23. The highest BCUT2D eigenvalue weighted by molar-refractivity contribution is 7.15. The molecule has 0 aliphatic carbocycles. The van der Waals surface area contributed by atoms with Gasteiger partial charge in [-0.25, -0.2) is 0 Å². The fraction of sp³-hybridized carbons (Fsp3) is 0.333. The molecule has 0 aliphatic heterocycles. The monoisotopic (exact) mass is 270 g/mol. The van der Waals surface area contributed by atoms with Crippen LogP contribution in [0.4, 0.5) is 11.6 Å². The number of nitrogens with one attached hydrogen (secondary N) is 1. The third-order valence-corrected chi connectivity index (χ3v) is 2.87. The summed E-state index contributed by atoms with van der Waals surface area (Å²) < 4.78 is 6.08. The predicted octanol–water partition coefficient (Wildman–Crippen LogP) is 1.28. The van der Waals surface area contributed by atoms with Crippen LogP contribution in [-0.2, 0) is 9.53 Å². The van der Waals surface area contributed by atoms with Gasteiger partial charge in [-0.15, -0.1) is 0 Å². The van der Waals surface area contributed by atoms with Gasteiger partial charge in [0, 0.05) is 5.38 Å². The molecule has 0 aromatic carbocycles. The molecule has 96 valence electrons. The first kappa shape index (κ1) is 12.3. The minimum absolute atomic E-state index is 0.0694. The molecule has 0 aliphatic rings. The summed E-state index contributed by atoms with van der Waals surface area (Å²) in [4.78, 5) is 26.1. The summed E-state index contributed by atoms with van der Waals surface area (Å²) in [7, 11) is 0. The highest BCUT2D eigenvalue weighted by atomic mass is 32.1. The Hall–Kier alpha value is -2.16. The molecule has 0 saturated heterocycles. The number of hydrogen-bond donors (Lipinski definition) is 1. The number of anilines is 1. The van der Waals surface area contributed by atoms with Crippen molar-refractivity contribution in [1.29, 1.82) is 0 Å². The van der Waals surface area contributed by atoms with Gasteiger partial charge in [-0.05, 0) is 11.8 Å². The Labute approximate surface area is 105 Å². The van der Waals surface area contributed by atoms with Crippen molar-refractivity contribution in [2.75, 3.05) is 18.5 Å². The highest BCUT2D eigenvalue weighted by Crippen LogP contribution is 2.27. The fourth-order valence-electron chi connectivity index (χ4n) is 1.43. The molecule has 0 unspecified atom stereocenters. The predicted molar refractivity (Wildman–Crippen MR) is 64.8 cm³/mol. The van der Waals surface area contributed by atoms with Crippen LogP contribution in [0.3, 0.4) is 0 Å². The Morgan fingerprint density at radius 3 is 3.17 bits per heavy atom. The van der Waals surface area contributed by atoms with Crippen molar-refractivity contribution < 1.29 is 14.5 Å². The normalized spacial score (nSPS) is 10.5. The molecule has 0 fully saturated rings. The van der Waals surface area contributed by atoms with Crippen molar-refractivity contribution in [2.45, 2.75) is 6.92 Å². The molecule has 2 heterocycles. The first-order valence-corrected chi connectivity index (χ1v) is 6.01. The number of imidazole rings is 1. The number of rotatable bonds is 5. The van der Waals surface area contributed by atoms with Crippen LogP contribution in [0.2, 0.25) is 0 Å². The van der Waals surface area contributed by atoms with E-state index in [9.17, 15) is 14.9 Å². The molecular weight excluding hydrogens is 260 g/mol. The van der Waals surface area contributed by atoms with Gasteiger partial charge in [-0.3, -0.25) is 4.79 Å². The molecule has 1 N–H and O–H groups in total. The zero-order chi connectivity index (χ0) is 13.1. The number of carbonyl (C=O) groups is 1. The van der Waals surface area contributed by atoms with Crippen LogP contribution in [0, 0.1) is 10.1 Å². The van der Waals surface area contributed by atoms with Gasteiger partial charge in [-0.1, -0.05) is 11.3 Å². The van der Waals surface area contributed by atoms with E-state index in [-0.39, 0.29) is 24.8 Å². The van der Waals surface area contributed by atoms with Crippen LogP contribution in [0.15, 0.2) is 11.6 Å². The minimum atomic E-state index is -0.541. The van der Waals surface area contributed by atoms with E-state index in [4.69, 9.17) is 4.74 Å². The van der Waals surface area contributed by atoms with Crippen LogP contribution in [0.5, 0.6) is 0 Å². The van der Waals surface area contributed by atoms with Gasteiger partial charge < -0.3 is 20.2 Å². The molecule has 8 nitrogen and oxygen atoms in total. The quantitative estimate of drug-likeness (QED) is 0.499. The maximum atomic E-state index is 11.2. The van der Waals surface area contributed by atoms with Crippen molar-refractivity contribution in [3.63, 3.8) is 0 Å². The zero-order valence-electron chi connectivity index (χ0n) is 9.45. The molecule has 0 spiro atoms. The maximum Gasteiger partial charge on any atom is 0.372 e. The number of thiazole rings is 1. The van der Waals surface area contributed by atoms with Gasteiger partial charge in [0.15, 0.2) is 0 Å². The lowest BCUT2D eigenvalue weighted by atomic mass is 10.5. The molecule has 2 aromatic rings. The van der Waals surface area contributed by atoms with E-state index >= 15 is 0 Å². The van der Waals surface area contributed by atoms with E-state index < -0.39 is 10.9 Å². The van der Waals surface area contributed by atoms with E-state index in [0.717, 1.165) is 0 Å². The number of nitrogens with zero attached hydrogens (tertiary/aromatic N) is 3. The number of aromatic nitrogens is 2. The van der Waals surface area contributed by atoms with Crippen LogP contribution in [-0.4, -0.2) is 33.4 Å². The second-order valence-corrected chi connectivity index (χ2v) is 4.13. The van der Waals surface area contributed by atoms with E-state index in [0.29, 0.717) is 4.96 Å². The number of carbonyl (C=O) groups excluding carboxylic acids is 1.